The fourth-order valence-corrected chi connectivity index (χ4v) is 2.37. The van der Waals surface area contributed by atoms with Gasteiger partial charge in [-0.15, -0.1) is 11.3 Å². The van der Waals surface area contributed by atoms with Crippen LogP contribution in [0.2, 0.25) is 0 Å². The summed E-state index contributed by atoms with van der Waals surface area (Å²) < 4.78 is 5.14. The molecule has 0 fully saturated rings. The van der Waals surface area contributed by atoms with Gasteiger partial charge in [-0.1, -0.05) is 19.4 Å². The lowest BCUT2D eigenvalue weighted by molar-refractivity contribution is 0.137. The third kappa shape index (κ3) is 4.61. The average Bonchev–Trinajstić information content (AvgIpc) is 2.79. The third-order valence-electron chi connectivity index (χ3n) is 2.48. The van der Waals surface area contributed by atoms with Crippen molar-refractivity contribution in [2.24, 2.45) is 0 Å². The molecule has 3 nitrogen and oxygen atoms in total. The van der Waals surface area contributed by atoms with Crippen LogP contribution in [0.3, 0.4) is 0 Å². The van der Waals surface area contributed by atoms with Gasteiger partial charge in [-0.05, 0) is 17.9 Å². The van der Waals surface area contributed by atoms with Crippen molar-refractivity contribution in [1.82, 2.24) is 5.32 Å². The summed E-state index contributed by atoms with van der Waals surface area (Å²) >= 11 is 1.59. The number of hydrogen-bond acceptors (Lipinski definition) is 4. The highest BCUT2D eigenvalue weighted by atomic mass is 32.1. The van der Waals surface area contributed by atoms with Crippen molar-refractivity contribution in [3.05, 3.63) is 22.4 Å². The van der Waals surface area contributed by atoms with E-state index >= 15 is 0 Å². The SMILES string of the molecule is CCCC(COC)NCC(O)c1cccs1. The summed E-state index contributed by atoms with van der Waals surface area (Å²) in [6.07, 6.45) is 1.79. The second-order valence-corrected chi connectivity index (χ2v) is 4.86. The molecule has 0 saturated carbocycles. The van der Waals surface area contributed by atoms with Crippen LogP contribution in [0.4, 0.5) is 0 Å². The van der Waals surface area contributed by atoms with Crippen LogP contribution in [0.25, 0.3) is 0 Å². The molecule has 1 rings (SSSR count). The zero-order chi connectivity index (χ0) is 11.8. The van der Waals surface area contributed by atoms with Crippen molar-refractivity contribution in [2.75, 3.05) is 20.3 Å². The molecule has 0 spiro atoms. The number of ether oxygens (including phenoxy) is 1. The van der Waals surface area contributed by atoms with E-state index in [-0.39, 0.29) is 0 Å². The molecule has 2 unspecified atom stereocenters. The van der Waals surface area contributed by atoms with Crippen LogP contribution in [-0.4, -0.2) is 31.4 Å². The molecule has 1 aromatic heterocycles. The van der Waals surface area contributed by atoms with Crippen LogP contribution in [0, 0.1) is 0 Å². The summed E-state index contributed by atoms with van der Waals surface area (Å²) in [5.41, 5.74) is 0. The fourth-order valence-electron chi connectivity index (χ4n) is 1.65. The minimum atomic E-state index is -0.406. The quantitative estimate of drug-likeness (QED) is 0.735. The number of methoxy groups -OCH3 is 1. The minimum absolute atomic E-state index is 0.338. The Morgan fingerprint density at radius 2 is 2.38 bits per heavy atom. The maximum Gasteiger partial charge on any atom is 0.101 e. The van der Waals surface area contributed by atoms with Gasteiger partial charge in [0.2, 0.25) is 0 Å². The monoisotopic (exact) mass is 243 g/mol. The Labute approximate surface area is 101 Å². The molecule has 2 N–H and O–H groups in total. The predicted octanol–water partition coefficient (Wildman–Crippen LogP) is 2.19. The van der Waals surface area contributed by atoms with Crippen molar-refractivity contribution >= 4 is 11.3 Å². The highest BCUT2D eigenvalue weighted by Crippen LogP contribution is 2.17. The van der Waals surface area contributed by atoms with Gasteiger partial charge in [0.05, 0.1) is 6.61 Å². The van der Waals surface area contributed by atoms with E-state index in [0.717, 1.165) is 17.7 Å². The van der Waals surface area contributed by atoms with E-state index in [2.05, 4.69) is 12.2 Å². The van der Waals surface area contributed by atoms with Crippen molar-refractivity contribution in [3.63, 3.8) is 0 Å². The van der Waals surface area contributed by atoms with E-state index in [1.807, 2.05) is 17.5 Å². The van der Waals surface area contributed by atoms with E-state index in [1.54, 1.807) is 18.4 Å². The van der Waals surface area contributed by atoms with Gasteiger partial charge >= 0.3 is 0 Å². The lowest BCUT2D eigenvalue weighted by Crippen LogP contribution is -2.35. The number of nitrogens with one attached hydrogen (secondary N) is 1. The molecule has 0 aliphatic rings. The standard InChI is InChI=1S/C12H21NO2S/c1-3-5-10(9-15-2)13-8-11(14)12-6-4-7-16-12/h4,6-7,10-11,13-14H,3,5,8-9H2,1-2H3. The van der Waals surface area contributed by atoms with Crippen LogP contribution in [0.5, 0.6) is 0 Å². The maximum atomic E-state index is 9.90. The fraction of sp³-hybridized carbons (Fsp3) is 0.667. The van der Waals surface area contributed by atoms with Crippen LogP contribution in [0.1, 0.15) is 30.7 Å². The van der Waals surface area contributed by atoms with Crippen LogP contribution >= 0.6 is 11.3 Å². The van der Waals surface area contributed by atoms with E-state index in [0.29, 0.717) is 19.2 Å². The van der Waals surface area contributed by atoms with E-state index in [9.17, 15) is 5.11 Å². The molecule has 0 radical (unpaired) electrons. The second-order valence-electron chi connectivity index (χ2n) is 3.88. The highest BCUT2D eigenvalue weighted by molar-refractivity contribution is 7.10. The molecule has 1 heterocycles. The summed E-state index contributed by atoms with van der Waals surface area (Å²) in [5.74, 6) is 0. The molecule has 0 saturated heterocycles. The topological polar surface area (TPSA) is 41.5 Å². The van der Waals surface area contributed by atoms with E-state index in [4.69, 9.17) is 4.74 Å². The Kier molecular flexibility index (Phi) is 6.64. The minimum Gasteiger partial charge on any atom is -0.386 e. The van der Waals surface area contributed by atoms with Gasteiger partial charge in [0.1, 0.15) is 6.10 Å². The molecule has 16 heavy (non-hydrogen) atoms. The molecule has 1 aromatic rings. The van der Waals surface area contributed by atoms with Crippen molar-refractivity contribution in [1.29, 1.82) is 0 Å². The highest BCUT2D eigenvalue weighted by Gasteiger charge is 2.12. The van der Waals surface area contributed by atoms with E-state index < -0.39 is 6.10 Å². The first kappa shape index (κ1) is 13.6. The summed E-state index contributed by atoms with van der Waals surface area (Å²) in [6.45, 7) is 3.44. The van der Waals surface area contributed by atoms with Gasteiger partial charge < -0.3 is 15.2 Å². The predicted molar refractivity (Wildman–Crippen MR) is 67.9 cm³/mol. The smallest absolute Gasteiger partial charge is 0.101 e. The number of hydrogen-bond donors (Lipinski definition) is 2. The Bertz CT molecular complexity index is 258. The largest absolute Gasteiger partial charge is 0.386 e. The maximum absolute atomic E-state index is 9.90. The Hall–Kier alpha value is -0.420. The first-order chi connectivity index (χ1) is 7.77. The molecule has 0 aliphatic carbocycles. The molecule has 0 bridgehead atoms. The van der Waals surface area contributed by atoms with Crippen molar-refractivity contribution in [3.8, 4) is 0 Å². The molecule has 0 amide bonds. The molecule has 4 heteroatoms. The molecular weight excluding hydrogens is 222 g/mol. The first-order valence-corrected chi connectivity index (χ1v) is 6.59. The van der Waals surface area contributed by atoms with Gasteiger partial charge in [-0.25, -0.2) is 0 Å². The van der Waals surface area contributed by atoms with Crippen LogP contribution in [0.15, 0.2) is 17.5 Å². The number of aliphatic hydroxyl groups excluding tert-OH is 1. The summed E-state index contributed by atoms with van der Waals surface area (Å²) in [5, 5.41) is 15.2. The lowest BCUT2D eigenvalue weighted by atomic mass is 10.1. The summed E-state index contributed by atoms with van der Waals surface area (Å²) in [4.78, 5) is 1.01. The zero-order valence-electron chi connectivity index (χ0n) is 9.98. The number of thiophene rings is 1. The zero-order valence-corrected chi connectivity index (χ0v) is 10.8. The molecule has 92 valence electrons. The molecule has 2 atom stereocenters. The lowest BCUT2D eigenvalue weighted by Gasteiger charge is -2.19. The van der Waals surface area contributed by atoms with Gasteiger partial charge in [-0.2, -0.15) is 0 Å². The van der Waals surface area contributed by atoms with Crippen LogP contribution < -0.4 is 5.32 Å². The van der Waals surface area contributed by atoms with Gasteiger partial charge in [0.25, 0.3) is 0 Å². The van der Waals surface area contributed by atoms with E-state index in [1.165, 1.54) is 0 Å². The normalized spacial score (nSPS) is 14.9. The average molecular weight is 243 g/mol. The van der Waals surface area contributed by atoms with Gasteiger partial charge in [0, 0.05) is 24.6 Å². The number of aliphatic hydroxyl groups is 1. The number of rotatable bonds is 8. The van der Waals surface area contributed by atoms with Crippen molar-refractivity contribution < 1.29 is 9.84 Å². The first-order valence-electron chi connectivity index (χ1n) is 5.71. The van der Waals surface area contributed by atoms with Crippen LogP contribution in [-0.2, 0) is 4.74 Å². The van der Waals surface area contributed by atoms with Crippen molar-refractivity contribution in [2.45, 2.75) is 31.9 Å². The summed E-state index contributed by atoms with van der Waals surface area (Å²) in [6, 6.07) is 4.26. The molecule has 0 aromatic carbocycles. The Morgan fingerprint density at radius 1 is 1.56 bits per heavy atom. The van der Waals surface area contributed by atoms with Gasteiger partial charge in [-0.3, -0.25) is 0 Å². The summed E-state index contributed by atoms with van der Waals surface area (Å²) in [7, 11) is 1.71. The molecule has 0 aliphatic heterocycles. The second kappa shape index (κ2) is 7.79. The third-order valence-corrected chi connectivity index (χ3v) is 3.45. The Morgan fingerprint density at radius 3 is 2.94 bits per heavy atom. The Balaban J connectivity index is 2.30. The molecular formula is C12H21NO2S. The van der Waals surface area contributed by atoms with Gasteiger partial charge in [0.15, 0.2) is 0 Å².